The number of aryl methyl sites for hydroxylation is 3. The van der Waals surface area contributed by atoms with Gasteiger partial charge in [-0.15, -0.1) is 0 Å². The molecule has 5 aromatic rings. The zero-order valence-corrected chi connectivity index (χ0v) is 19.0. The molecule has 0 unspecified atom stereocenters. The number of hydrogen-bond acceptors (Lipinski definition) is 6. The second-order valence-corrected chi connectivity index (χ2v) is 8.03. The van der Waals surface area contributed by atoms with E-state index in [4.69, 9.17) is 4.74 Å². The largest absolute Gasteiger partial charge is 0.437 e. The van der Waals surface area contributed by atoms with Crippen molar-refractivity contribution in [1.82, 2.24) is 24.5 Å². The van der Waals surface area contributed by atoms with E-state index in [0.717, 1.165) is 22.4 Å². The van der Waals surface area contributed by atoms with Crippen LogP contribution in [-0.4, -0.2) is 30.4 Å². The number of imidazole rings is 1. The van der Waals surface area contributed by atoms with Crippen molar-refractivity contribution in [2.75, 3.05) is 5.32 Å². The van der Waals surface area contributed by atoms with Crippen LogP contribution in [0.3, 0.4) is 0 Å². The van der Waals surface area contributed by atoms with Gasteiger partial charge in [0.2, 0.25) is 0 Å². The Hall–Kier alpha value is -4.59. The van der Waals surface area contributed by atoms with Gasteiger partial charge < -0.3 is 14.6 Å². The summed E-state index contributed by atoms with van der Waals surface area (Å²) in [6.07, 6.45) is 5.06. The van der Waals surface area contributed by atoms with Crippen LogP contribution in [0, 0.1) is 13.8 Å². The van der Waals surface area contributed by atoms with E-state index in [2.05, 4.69) is 25.3 Å². The van der Waals surface area contributed by atoms with Gasteiger partial charge in [0.15, 0.2) is 17.0 Å². The van der Waals surface area contributed by atoms with Gasteiger partial charge >= 0.3 is 0 Å². The lowest BCUT2D eigenvalue weighted by molar-refractivity contribution is 0.102. The molecular weight excluding hydrogens is 428 g/mol. The van der Waals surface area contributed by atoms with Crippen LogP contribution in [0.15, 0.2) is 73.3 Å². The Kier molecular flexibility index (Phi) is 5.47. The Balaban J connectivity index is 1.51. The Morgan fingerprint density at radius 1 is 1.03 bits per heavy atom. The van der Waals surface area contributed by atoms with Crippen LogP contribution < -0.4 is 10.1 Å². The number of pyridine rings is 1. The van der Waals surface area contributed by atoms with E-state index in [9.17, 15) is 4.79 Å². The number of nitrogens with zero attached hydrogens (tertiary/aromatic N) is 5. The fraction of sp³-hybridized carbons (Fsp3) is 0.115. The molecule has 0 aliphatic rings. The Labute approximate surface area is 196 Å². The molecule has 0 saturated heterocycles. The van der Waals surface area contributed by atoms with Crippen LogP contribution in [0.25, 0.3) is 22.6 Å². The Bertz CT molecular complexity index is 1510. The maximum absolute atomic E-state index is 12.9. The fourth-order valence-electron chi connectivity index (χ4n) is 3.56. The van der Waals surface area contributed by atoms with Crippen molar-refractivity contribution in [3.05, 3.63) is 90.0 Å². The molecule has 8 nitrogen and oxygen atoms in total. The van der Waals surface area contributed by atoms with E-state index in [-0.39, 0.29) is 5.91 Å². The zero-order chi connectivity index (χ0) is 23.7. The van der Waals surface area contributed by atoms with Crippen molar-refractivity contribution in [3.63, 3.8) is 0 Å². The molecule has 8 heteroatoms. The number of hydrogen-bond donors (Lipinski definition) is 1. The number of ether oxygens (including phenoxy) is 1. The van der Waals surface area contributed by atoms with E-state index in [1.165, 1.54) is 0 Å². The summed E-state index contributed by atoms with van der Waals surface area (Å²) in [6.45, 7) is 3.89. The molecule has 34 heavy (non-hydrogen) atoms. The summed E-state index contributed by atoms with van der Waals surface area (Å²) in [5, 5.41) is 2.93. The predicted molar refractivity (Wildman–Crippen MR) is 130 cm³/mol. The maximum atomic E-state index is 12.9. The number of carbonyl (C=O) groups excluding carboxylic acids is 1. The van der Waals surface area contributed by atoms with E-state index < -0.39 is 0 Å². The summed E-state index contributed by atoms with van der Waals surface area (Å²) in [6, 6.07) is 16.7. The second-order valence-electron chi connectivity index (χ2n) is 8.03. The molecule has 3 heterocycles. The third-order valence-electron chi connectivity index (χ3n) is 5.38. The molecule has 2 aromatic carbocycles. The van der Waals surface area contributed by atoms with E-state index >= 15 is 0 Å². The second kappa shape index (κ2) is 8.74. The topological polar surface area (TPSA) is 94.8 Å². The van der Waals surface area contributed by atoms with Crippen molar-refractivity contribution < 1.29 is 9.53 Å². The smallest absolute Gasteiger partial charge is 0.255 e. The number of fused-ring (bicyclic) bond motifs is 1. The molecule has 168 valence electrons. The lowest BCUT2D eigenvalue weighted by atomic mass is 10.1. The standard InChI is InChI=1S/C26H22N6O2/c1-16-6-4-8-20(12-16)29-25(33)18-10-9-17(2)21(13-18)34-26-22-24(32(3)15-28-22)30-23(31-26)19-7-5-11-27-14-19/h4-15H,1-3H3,(H,29,33). The average molecular weight is 451 g/mol. The first-order valence-electron chi connectivity index (χ1n) is 10.7. The first-order chi connectivity index (χ1) is 16.5. The molecule has 0 spiro atoms. The average Bonchev–Trinajstić information content (AvgIpc) is 3.22. The molecule has 0 radical (unpaired) electrons. The first kappa shape index (κ1) is 21.3. The van der Waals surface area contributed by atoms with Crippen molar-refractivity contribution in [3.8, 4) is 23.0 Å². The summed E-state index contributed by atoms with van der Waals surface area (Å²) in [5.74, 6) is 1.07. The first-order valence-corrected chi connectivity index (χ1v) is 10.7. The van der Waals surface area contributed by atoms with Gasteiger partial charge in [-0.05, 0) is 61.4 Å². The summed E-state index contributed by atoms with van der Waals surface area (Å²) in [4.78, 5) is 30.7. The summed E-state index contributed by atoms with van der Waals surface area (Å²) in [5.41, 5.74) is 5.06. The third-order valence-corrected chi connectivity index (χ3v) is 5.38. The Morgan fingerprint density at radius 2 is 1.91 bits per heavy atom. The minimum atomic E-state index is -0.225. The SMILES string of the molecule is Cc1cccc(NC(=O)c2ccc(C)c(Oc3nc(-c4cccnc4)nc4c3ncn4C)c2)c1. The molecule has 0 atom stereocenters. The van der Waals surface area contributed by atoms with Gasteiger partial charge in [0.1, 0.15) is 5.75 Å². The van der Waals surface area contributed by atoms with Crippen LogP contribution in [0.4, 0.5) is 5.69 Å². The van der Waals surface area contributed by atoms with E-state index in [0.29, 0.717) is 34.2 Å². The van der Waals surface area contributed by atoms with Gasteiger partial charge in [-0.25, -0.2) is 9.97 Å². The highest BCUT2D eigenvalue weighted by Crippen LogP contribution is 2.31. The number of benzene rings is 2. The zero-order valence-electron chi connectivity index (χ0n) is 19.0. The van der Waals surface area contributed by atoms with Crippen LogP contribution >= 0.6 is 0 Å². The normalized spacial score (nSPS) is 10.9. The van der Waals surface area contributed by atoms with Crippen LogP contribution in [0.1, 0.15) is 21.5 Å². The van der Waals surface area contributed by atoms with Gasteiger partial charge in [-0.2, -0.15) is 4.98 Å². The van der Waals surface area contributed by atoms with Crippen LogP contribution in [-0.2, 0) is 7.05 Å². The summed E-state index contributed by atoms with van der Waals surface area (Å²) in [7, 11) is 1.86. The number of rotatable bonds is 5. The summed E-state index contributed by atoms with van der Waals surface area (Å²) >= 11 is 0. The minimum Gasteiger partial charge on any atom is -0.437 e. The highest BCUT2D eigenvalue weighted by atomic mass is 16.5. The number of anilines is 1. The monoisotopic (exact) mass is 450 g/mol. The molecule has 0 bridgehead atoms. The molecule has 5 rings (SSSR count). The van der Waals surface area contributed by atoms with Crippen molar-refractivity contribution in [2.24, 2.45) is 7.05 Å². The maximum Gasteiger partial charge on any atom is 0.255 e. The number of aromatic nitrogens is 5. The molecule has 0 aliphatic carbocycles. The molecular formula is C26H22N6O2. The summed E-state index contributed by atoms with van der Waals surface area (Å²) < 4.78 is 8.04. The number of nitrogens with one attached hydrogen (secondary N) is 1. The lowest BCUT2D eigenvalue weighted by Gasteiger charge is -2.12. The van der Waals surface area contributed by atoms with Crippen molar-refractivity contribution in [2.45, 2.75) is 13.8 Å². The molecule has 0 fully saturated rings. The van der Waals surface area contributed by atoms with Gasteiger partial charge in [-0.3, -0.25) is 9.78 Å². The van der Waals surface area contributed by atoms with E-state index in [1.807, 2.05) is 67.9 Å². The van der Waals surface area contributed by atoms with Crippen molar-refractivity contribution in [1.29, 1.82) is 0 Å². The number of carbonyl (C=O) groups is 1. The van der Waals surface area contributed by atoms with Gasteiger partial charge in [0.05, 0.1) is 6.33 Å². The molecule has 0 aliphatic heterocycles. The minimum absolute atomic E-state index is 0.225. The van der Waals surface area contributed by atoms with Crippen molar-refractivity contribution >= 4 is 22.8 Å². The number of amides is 1. The molecule has 0 saturated carbocycles. The highest BCUT2D eigenvalue weighted by Gasteiger charge is 2.17. The van der Waals surface area contributed by atoms with Gasteiger partial charge in [-0.1, -0.05) is 18.2 Å². The highest BCUT2D eigenvalue weighted by molar-refractivity contribution is 6.04. The van der Waals surface area contributed by atoms with Crippen LogP contribution in [0.2, 0.25) is 0 Å². The molecule has 1 N–H and O–H groups in total. The van der Waals surface area contributed by atoms with Crippen LogP contribution in [0.5, 0.6) is 11.6 Å². The lowest BCUT2D eigenvalue weighted by Crippen LogP contribution is -2.12. The molecule has 3 aromatic heterocycles. The van der Waals surface area contributed by atoms with E-state index in [1.54, 1.807) is 30.9 Å². The molecule has 1 amide bonds. The predicted octanol–water partition coefficient (Wildman–Crippen LogP) is 5.09. The fourth-order valence-corrected chi connectivity index (χ4v) is 3.56. The van der Waals surface area contributed by atoms with Gasteiger partial charge in [0.25, 0.3) is 11.8 Å². The third kappa shape index (κ3) is 4.21. The van der Waals surface area contributed by atoms with Gasteiger partial charge in [0, 0.05) is 36.3 Å². The Morgan fingerprint density at radius 3 is 2.71 bits per heavy atom. The quantitative estimate of drug-likeness (QED) is 0.401.